The van der Waals surface area contributed by atoms with E-state index in [0.717, 1.165) is 27.9 Å². The zero-order valence-corrected chi connectivity index (χ0v) is 14.4. The molecule has 2 aromatic carbocycles. The van der Waals surface area contributed by atoms with Gasteiger partial charge in [-0.05, 0) is 54.8 Å². The first kappa shape index (κ1) is 15.9. The van der Waals surface area contributed by atoms with E-state index in [9.17, 15) is 0 Å². The molecule has 2 rings (SSSR count). The molecular formula is C16H17BrClNS. The van der Waals surface area contributed by atoms with Crippen LogP contribution in [0, 0.1) is 0 Å². The third-order valence-corrected chi connectivity index (χ3v) is 5.10. The van der Waals surface area contributed by atoms with Crippen molar-refractivity contribution in [1.82, 2.24) is 0 Å². The quantitative estimate of drug-likeness (QED) is 0.748. The van der Waals surface area contributed by atoms with Crippen molar-refractivity contribution in [2.75, 3.05) is 0 Å². The molecule has 2 N–H and O–H groups in total. The topological polar surface area (TPSA) is 26.0 Å². The summed E-state index contributed by atoms with van der Waals surface area (Å²) in [5.41, 5.74) is 7.23. The van der Waals surface area contributed by atoms with Gasteiger partial charge in [-0.25, -0.2) is 0 Å². The zero-order valence-electron chi connectivity index (χ0n) is 11.3. The van der Waals surface area contributed by atoms with Crippen molar-refractivity contribution < 1.29 is 0 Å². The Labute approximate surface area is 138 Å². The van der Waals surface area contributed by atoms with Gasteiger partial charge in [0.05, 0.1) is 0 Å². The molecule has 20 heavy (non-hydrogen) atoms. The van der Waals surface area contributed by atoms with Gasteiger partial charge in [0.15, 0.2) is 0 Å². The minimum atomic E-state index is 0.152. The second-order valence-corrected chi connectivity index (χ2v) is 7.08. The molecule has 0 bridgehead atoms. The van der Waals surface area contributed by atoms with Gasteiger partial charge in [0.25, 0.3) is 0 Å². The Morgan fingerprint density at radius 1 is 1.20 bits per heavy atom. The summed E-state index contributed by atoms with van der Waals surface area (Å²) in [6.45, 7) is 2.10. The van der Waals surface area contributed by atoms with Crippen molar-refractivity contribution in [3.05, 3.63) is 57.5 Å². The fourth-order valence-electron chi connectivity index (χ4n) is 1.87. The third kappa shape index (κ3) is 4.26. The smallest absolute Gasteiger partial charge is 0.0449 e. The average Bonchev–Trinajstić information content (AvgIpc) is 2.45. The molecule has 0 spiro atoms. The van der Waals surface area contributed by atoms with Gasteiger partial charge in [-0.1, -0.05) is 52.3 Å². The standard InChI is InChI=1S/C16H17BrClNS/c1-2-12(19)10-14-15(18)4-3-5-16(14)20-13-8-6-11(17)7-9-13/h3-9,12H,2,10,19H2,1H3. The molecule has 0 aliphatic rings. The largest absolute Gasteiger partial charge is 0.327 e. The maximum Gasteiger partial charge on any atom is 0.0449 e. The van der Waals surface area contributed by atoms with Crippen LogP contribution in [-0.2, 0) is 6.42 Å². The van der Waals surface area contributed by atoms with Gasteiger partial charge in [-0.3, -0.25) is 0 Å². The maximum atomic E-state index is 6.35. The lowest BCUT2D eigenvalue weighted by Crippen LogP contribution is -2.21. The zero-order chi connectivity index (χ0) is 14.5. The van der Waals surface area contributed by atoms with E-state index in [0.29, 0.717) is 0 Å². The number of benzene rings is 2. The van der Waals surface area contributed by atoms with Gasteiger partial charge in [-0.2, -0.15) is 0 Å². The lowest BCUT2D eigenvalue weighted by molar-refractivity contribution is 0.641. The molecule has 4 heteroatoms. The monoisotopic (exact) mass is 369 g/mol. The van der Waals surface area contributed by atoms with Crippen LogP contribution in [0.4, 0.5) is 0 Å². The number of halogens is 2. The normalized spacial score (nSPS) is 12.4. The van der Waals surface area contributed by atoms with Crippen LogP contribution in [0.5, 0.6) is 0 Å². The van der Waals surface area contributed by atoms with E-state index in [2.05, 4.69) is 41.1 Å². The van der Waals surface area contributed by atoms with Gasteiger partial charge in [0, 0.05) is 25.3 Å². The highest BCUT2D eigenvalue weighted by Gasteiger charge is 2.11. The Morgan fingerprint density at radius 2 is 1.90 bits per heavy atom. The van der Waals surface area contributed by atoms with Crippen LogP contribution in [0.1, 0.15) is 18.9 Å². The lowest BCUT2D eigenvalue weighted by Gasteiger charge is -2.14. The van der Waals surface area contributed by atoms with Crippen molar-refractivity contribution in [2.45, 2.75) is 35.6 Å². The second kappa shape index (κ2) is 7.51. The molecular weight excluding hydrogens is 354 g/mol. The van der Waals surface area contributed by atoms with Gasteiger partial charge >= 0.3 is 0 Å². The Balaban J connectivity index is 2.26. The maximum absolute atomic E-state index is 6.35. The second-order valence-electron chi connectivity index (χ2n) is 4.64. The highest BCUT2D eigenvalue weighted by Crippen LogP contribution is 2.35. The summed E-state index contributed by atoms with van der Waals surface area (Å²) < 4.78 is 1.08. The number of hydrogen-bond acceptors (Lipinski definition) is 2. The Morgan fingerprint density at radius 3 is 2.55 bits per heavy atom. The van der Waals surface area contributed by atoms with Gasteiger partial charge < -0.3 is 5.73 Å². The Hall–Kier alpha value is -0.480. The van der Waals surface area contributed by atoms with Crippen LogP contribution in [0.3, 0.4) is 0 Å². The Kier molecular flexibility index (Phi) is 5.97. The van der Waals surface area contributed by atoms with E-state index in [4.69, 9.17) is 17.3 Å². The molecule has 0 amide bonds. The first-order valence-corrected chi connectivity index (χ1v) is 8.55. The molecule has 0 aliphatic heterocycles. The fourth-order valence-corrected chi connectivity index (χ4v) is 3.43. The van der Waals surface area contributed by atoms with Crippen LogP contribution >= 0.6 is 39.3 Å². The summed E-state index contributed by atoms with van der Waals surface area (Å²) in [5.74, 6) is 0. The van der Waals surface area contributed by atoms with E-state index in [1.165, 1.54) is 9.79 Å². The number of nitrogens with two attached hydrogens (primary N) is 1. The van der Waals surface area contributed by atoms with Crippen LogP contribution in [-0.4, -0.2) is 6.04 Å². The molecule has 0 radical (unpaired) electrons. The molecule has 0 aromatic heterocycles. The summed E-state index contributed by atoms with van der Waals surface area (Å²) in [6, 6.07) is 14.5. The van der Waals surface area contributed by atoms with Crippen molar-refractivity contribution in [3.8, 4) is 0 Å². The molecule has 0 fully saturated rings. The fraction of sp³-hybridized carbons (Fsp3) is 0.250. The third-order valence-electron chi connectivity index (χ3n) is 3.11. The summed E-state index contributed by atoms with van der Waals surface area (Å²) >= 11 is 11.5. The molecule has 1 nitrogen and oxygen atoms in total. The van der Waals surface area contributed by atoms with E-state index in [1.807, 2.05) is 24.3 Å². The summed E-state index contributed by atoms with van der Waals surface area (Å²) in [7, 11) is 0. The highest BCUT2D eigenvalue weighted by molar-refractivity contribution is 9.10. The molecule has 106 valence electrons. The Bertz CT molecular complexity index is 571. The number of hydrogen-bond donors (Lipinski definition) is 1. The minimum absolute atomic E-state index is 0.152. The molecule has 0 saturated heterocycles. The van der Waals surface area contributed by atoms with E-state index in [1.54, 1.807) is 11.8 Å². The van der Waals surface area contributed by atoms with Crippen molar-refractivity contribution in [3.63, 3.8) is 0 Å². The van der Waals surface area contributed by atoms with Crippen LogP contribution in [0.2, 0.25) is 5.02 Å². The molecule has 0 heterocycles. The van der Waals surface area contributed by atoms with Crippen LogP contribution < -0.4 is 5.73 Å². The van der Waals surface area contributed by atoms with Crippen molar-refractivity contribution in [1.29, 1.82) is 0 Å². The van der Waals surface area contributed by atoms with E-state index in [-0.39, 0.29) is 6.04 Å². The SMILES string of the molecule is CCC(N)Cc1c(Cl)cccc1Sc1ccc(Br)cc1. The number of rotatable bonds is 5. The van der Waals surface area contributed by atoms with E-state index >= 15 is 0 Å². The summed E-state index contributed by atoms with van der Waals surface area (Å²) in [5, 5.41) is 0.802. The first-order valence-electron chi connectivity index (χ1n) is 6.56. The minimum Gasteiger partial charge on any atom is -0.327 e. The first-order chi connectivity index (χ1) is 9.60. The predicted molar refractivity (Wildman–Crippen MR) is 91.7 cm³/mol. The van der Waals surface area contributed by atoms with Gasteiger partial charge in [0.1, 0.15) is 0 Å². The van der Waals surface area contributed by atoms with Crippen molar-refractivity contribution >= 4 is 39.3 Å². The molecule has 0 aliphatic carbocycles. The van der Waals surface area contributed by atoms with E-state index < -0.39 is 0 Å². The summed E-state index contributed by atoms with van der Waals surface area (Å²) in [4.78, 5) is 2.38. The average molecular weight is 371 g/mol. The van der Waals surface area contributed by atoms with Crippen molar-refractivity contribution in [2.24, 2.45) is 5.73 Å². The summed E-state index contributed by atoms with van der Waals surface area (Å²) in [6.07, 6.45) is 1.77. The molecule has 1 atom stereocenters. The van der Waals surface area contributed by atoms with Crippen LogP contribution in [0.25, 0.3) is 0 Å². The highest BCUT2D eigenvalue weighted by atomic mass is 79.9. The predicted octanol–water partition coefficient (Wildman–Crippen LogP) is 5.53. The molecule has 2 aromatic rings. The van der Waals surface area contributed by atoms with Gasteiger partial charge in [0.2, 0.25) is 0 Å². The molecule has 1 unspecified atom stereocenters. The molecule has 0 saturated carbocycles. The lowest BCUT2D eigenvalue weighted by atomic mass is 10.0. The van der Waals surface area contributed by atoms with Gasteiger partial charge in [-0.15, -0.1) is 0 Å². The van der Waals surface area contributed by atoms with Crippen LogP contribution in [0.15, 0.2) is 56.7 Å².